The van der Waals surface area contributed by atoms with Gasteiger partial charge < -0.3 is 42.2 Å². The molecule has 2 heterocycles. The van der Waals surface area contributed by atoms with E-state index < -0.39 is 23.8 Å². The van der Waals surface area contributed by atoms with E-state index >= 15 is 0 Å². The number of nitrogens with zero attached hydrogens (tertiary/aromatic N) is 4. The van der Waals surface area contributed by atoms with Crippen LogP contribution in [0.25, 0.3) is 0 Å². The quantitative estimate of drug-likeness (QED) is 0.253. The second kappa shape index (κ2) is 12.4. The Hall–Kier alpha value is -3.92. The lowest BCUT2D eigenvalue weighted by molar-refractivity contribution is -0.159. The Morgan fingerprint density at radius 1 is 0.750 bits per heavy atom. The summed E-state index contributed by atoms with van der Waals surface area (Å²) in [5.74, 6) is -3.47. The van der Waals surface area contributed by atoms with Crippen molar-refractivity contribution in [3.05, 3.63) is 23.4 Å². The van der Waals surface area contributed by atoms with Crippen LogP contribution in [-0.4, -0.2) is 54.2 Å². The number of nitrogens with two attached hydrogens (primary N) is 4. The fourth-order valence-electron chi connectivity index (χ4n) is 1.20. The van der Waals surface area contributed by atoms with E-state index in [4.69, 9.17) is 42.7 Å². The number of aromatic nitrogens is 4. The van der Waals surface area contributed by atoms with Gasteiger partial charge in [-0.3, -0.25) is 9.59 Å². The third-order valence-corrected chi connectivity index (χ3v) is 2.22. The number of rotatable bonds is 6. The Kier molecular flexibility index (Phi) is 10.7. The van der Waals surface area contributed by atoms with Crippen molar-refractivity contribution in [2.45, 2.75) is 25.9 Å². The van der Waals surface area contributed by atoms with Crippen molar-refractivity contribution in [1.82, 2.24) is 20.3 Å². The Labute approximate surface area is 155 Å². The van der Waals surface area contributed by atoms with Crippen LogP contribution in [0.5, 0.6) is 0 Å². The van der Waals surface area contributed by atoms with Gasteiger partial charge in [-0.25, -0.2) is 9.59 Å². The number of amides is 2. The predicted octanol–water partition coefficient (Wildman–Crippen LogP) is -3.73. The van der Waals surface area contributed by atoms with Crippen LogP contribution in [0.4, 0.5) is 0 Å². The minimum atomic E-state index is -1.82. The first kappa shape index (κ1) is 24.1. The first-order chi connectivity index (χ1) is 13.1. The van der Waals surface area contributed by atoms with E-state index in [9.17, 15) is 9.59 Å². The second-order valence-corrected chi connectivity index (χ2v) is 4.51. The van der Waals surface area contributed by atoms with E-state index in [2.05, 4.69) is 29.3 Å². The van der Waals surface area contributed by atoms with E-state index in [-0.39, 0.29) is 37.6 Å². The maximum atomic E-state index is 10.3. The minimum absolute atomic E-state index is 0.0104. The minimum Gasteiger partial charge on any atom is -0.473 e. The van der Waals surface area contributed by atoms with Gasteiger partial charge in [0.15, 0.2) is 11.6 Å². The summed E-state index contributed by atoms with van der Waals surface area (Å²) in [5.41, 5.74) is 20.1. The molecule has 0 saturated carbocycles. The molecular weight excluding hydrogens is 384 g/mol. The summed E-state index contributed by atoms with van der Waals surface area (Å²) in [6.07, 6.45) is -0.0208. The van der Waals surface area contributed by atoms with Crippen molar-refractivity contribution >= 4 is 23.8 Å². The summed E-state index contributed by atoms with van der Waals surface area (Å²) < 4.78 is 9.24. The molecule has 0 bridgehead atoms. The summed E-state index contributed by atoms with van der Waals surface area (Å²) in [6, 6.07) is 0. The molecule has 0 unspecified atom stereocenters. The molecule has 28 heavy (non-hydrogen) atoms. The number of carboxylic acids is 2. The molecule has 0 radical (unpaired) electrons. The maximum Gasteiger partial charge on any atom is 0.414 e. The lowest BCUT2D eigenvalue weighted by Crippen LogP contribution is -2.14. The van der Waals surface area contributed by atoms with E-state index in [0.29, 0.717) is 11.8 Å². The largest absolute Gasteiger partial charge is 0.473 e. The summed E-state index contributed by atoms with van der Waals surface area (Å²) in [4.78, 5) is 46.4. The van der Waals surface area contributed by atoms with Crippen LogP contribution in [0.15, 0.2) is 9.05 Å². The molecule has 0 saturated heterocycles. The highest BCUT2D eigenvalue weighted by Crippen LogP contribution is 1.96. The van der Waals surface area contributed by atoms with Crippen LogP contribution in [-0.2, 0) is 45.1 Å². The first-order valence-corrected chi connectivity index (χ1v) is 7.14. The zero-order chi connectivity index (χ0) is 21.7. The number of hydrogen-bond donors (Lipinski definition) is 6. The maximum absolute atomic E-state index is 10.3. The van der Waals surface area contributed by atoms with E-state index in [0.717, 1.165) is 0 Å². The summed E-state index contributed by atoms with van der Waals surface area (Å²) in [6.45, 7) is 0.345. The lowest BCUT2D eigenvalue weighted by Gasteiger charge is -1.83. The number of primary amides is 2. The Bertz CT molecular complexity index is 735. The van der Waals surface area contributed by atoms with Crippen molar-refractivity contribution in [1.29, 1.82) is 0 Å². The smallest absolute Gasteiger partial charge is 0.414 e. The molecule has 0 atom stereocenters. The average Bonchev–Trinajstić information content (AvgIpc) is 3.23. The van der Waals surface area contributed by atoms with Gasteiger partial charge in [0.05, 0.1) is 25.9 Å². The molecule has 0 aliphatic rings. The molecule has 16 heteroatoms. The summed E-state index contributed by atoms with van der Waals surface area (Å²) in [7, 11) is 0. The van der Waals surface area contributed by atoms with Crippen LogP contribution < -0.4 is 22.9 Å². The normalized spacial score (nSPS) is 9.36. The Morgan fingerprint density at radius 3 is 1.25 bits per heavy atom. The lowest BCUT2D eigenvalue weighted by atomic mass is 10.4. The van der Waals surface area contributed by atoms with Gasteiger partial charge in [-0.1, -0.05) is 10.3 Å². The molecule has 0 aromatic carbocycles. The van der Waals surface area contributed by atoms with Crippen LogP contribution in [0, 0.1) is 0 Å². The molecule has 0 spiro atoms. The summed E-state index contributed by atoms with van der Waals surface area (Å²) >= 11 is 0. The van der Waals surface area contributed by atoms with Gasteiger partial charge in [-0.05, 0) is 0 Å². The van der Waals surface area contributed by atoms with Crippen LogP contribution in [0.3, 0.4) is 0 Å². The molecular formula is C12H18N8O8. The fourth-order valence-corrected chi connectivity index (χ4v) is 1.20. The zero-order valence-electron chi connectivity index (χ0n) is 14.3. The molecule has 2 amide bonds. The highest BCUT2D eigenvalue weighted by atomic mass is 16.5. The number of carbonyl (C=O) groups is 4. The fraction of sp³-hybridized carbons (Fsp3) is 0.333. The topological polar surface area (TPSA) is 291 Å². The van der Waals surface area contributed by atoms with Gasteiger partial charge in [0.1, 0.15) is 0 Å². The predicted molar refractivity (Wildman–Crippen MR) is 85.4 cm³/mol. The second-order valence-electron chi connectivity index (χ2n) is 4.51. The van der Waals surface area contributed by atoms with Crippen molar-refractivity contribution in [3.8, 4) is 0 Å². The molecule has 10 N–H and O–H groups in total. The highest BCUT2D eigenvalue weighted by Gasteiger charge is 2.07. The molecule has 2 aromatic rings. The van der Waals surface area contributed by atoms with Crippen molar-refractivity contribution < 1.29 is 38.4 Å². The van der Waals surface area contributed by atoms with Gasteiger partial charge in [-0.2, -0.15) is 9.97 Å². The monoisotopic (exact) mass is 402 g/mol. The average molecular weight is 402 g/mol. The molecule has 0 aliphatic carbocycles. The van der Waals surface area contributed by atoms with Crippen molar-refractivity contribution in [3.63, 3.8) is 0 Å². The molecule has 154 valence electrons. The van der Waals surface area contributed by atoms with Crippen LogP contribution >= 0.6 is 0 Å². The van der Waals surface area contributed by atoms with Gasteiger partial charge in [-0.15, -0.1) is 0 Å². The van der Waals surface area contributed by atoms with Gasteiger partial charge >= 0.3 is 11.9 Å². The standard InChI is InChI=1S/2C5H8N4O2.C2H2O4/c2*6-2-5-8-4(9-11-5)1-3(7)10;3-1(4)2(5)6/h2*1-2,6H2,(H2,7,10);(H,3,4)(H,5,6). The van der Waals surface area contributed by atoms with Crippen LogP contribution in [0.2, 0.25) is 0 Å². The molecule has 2 aromatic heterocycles. The number of aliphatic carboxylic acids is 2. The van der Waals surface area contributed by atoms with Crippen LogP contribution in [0.1, 0.15) is 23.4 Å². The Balaban J connectivity index is 0.000000411. The summed E-state index contributed by atoms with van der Waals surface area (Å²) in [5, 5.41) is 21.7. The molecule has 0 aliphatic heterocycles. The number of hydrogen-bond acceptors (Lipinski definition) is 12. The van der Waals surface area contributed by atoms with E-state index in [1.165, 1.54) is 0 Å². The molecule has 0 fully saturated rings. The van der Waals surface area contributed by atoms with Crippen molar-refractivity contribution in [2.24, 2.45) is 22.9 Å². The zero-order valence-corrected chi connectivity index (χ0v) is 14.3. The van der Waals surface area contributed by atoms with Gasteiger partial charge in [0.2, 0.25) is 23.6 Å². The number of carbonyl (C=O) groups excluding carboxylic acids is 2. The number of carboxylic acid groups (broad SMARTS) is 2. The van der Waals surface area contributed by atoms with Crippen molar-refractivity contribution in [2.75, 3.05) is 0 Å². The Morgan fingerprint density at radius 2 is 1.07 bits per heavy atom. The molecule has 16 nitrogen and oxygen atoms in total. The van der Waals surface area contributed by atoms with E-state index in [1.54, 1.807) is 0 Å². The first-order valence-electron chi connectivity index (χ1n) is 7.14. The molecule has 2 rings (SSSR count). The SMILES string of the molecule is NCc1nc(CC(N)=O)no1.NCc1nc(CC(N)=O)no1.O=C(O)C(=O)O. The van der Waals surface area contributed by atoms with E-state index in [1.807, 2.05) is 0 Å². The van der Waals surface area contributed by atoms with Gasteiger partial charge in [0, 0.05) is 0 Å². The third kappa shape index (κ3) is 10.8. The van der Waals surface area contributed by atoms with Gasteiger partial charge in [0.25, 0.3) is 0 Å². The highest BCUT2D eigenvalue weighted by molar-refractivity contribution is 6.27. The third-order valence-electron chi connectivity index (χ3n) is 2.22.